The molecule has 2 rings (SSSR count). The van der Waals surface area contributed by atoms with Crippen LogP contribution in [0.15, 0.2) is 53.4 Å². The lowest BCUT2D eigenvalue weighted by Crippen LogP contribution is -2.13. The summed E-state index contributed by atoms with van der Waals surface area (Å²) in [5.74, 6) is 0. The summed E-state index contributed by atoms with van der Waals surface area (Å²) in [6, 6.07) is 12.8. The number of rotatable bonds is 3. The molecule has 2 aromatic rings. The van der Waals surface area contributed by atoms with Crippen LogP contribution in [0.25, 0.3) is 0 Å². The van der Waals surface area contributed by atoms with E-state index in [1.807, 2.05) is 0 Å². The number of hydrogen-bond donors (Lipinski definition) is 2. The van der Waals surface area contributed by atoms with E-state index in [4.69, 9.17) is 17.3 Å². The molecule has 6 heteroatoms. The van der Waals surface area contributed by atoms with Crippen molar-refractivity contribution in [1.29, 1.82) is 0 Å². The second-order valence-corrected chi connectivity index (χ2v) is 5.74. The Morgan fingerprint density at radius 1 is 1.06 bits per heavy atom. The van der Waals surface area contributed by atoms with E-state index >= 15 is 0 Å². The predicted octanol–water partition coefficient (Wildman–Crippen LogP) is 2.72. The summed E-state index contributed by atoms with van der Waals surface area (Å²) < 4.78 is 26.6. The lowest BCUT2D eigenvalue weighted by atomic mass is 10.3. The second-order valence-electron chi connectivity index (χ2n) is 3.65. The van der Waals surface area contributed by atoms with Gasteiger partial charge in [0.25, 0.3) is 10.0 Å². The summed E-state index contributed by atoms with van der Waals surface area (Å²) in [6.45, 7) is 0. The van der Waals surface area contributed by atoms with Crippen molar-refractivity contribution in [3.05, 3.63) is 53.6 Å². The van der Waals surface area contributed by atoms with Crippen LogP contribution in [0, 0.1) is 0 Å². The molecule has 0 saturated heterocycles. The van der Waals surface area contributed by atoms with E-state index < -0.39 is 10.0 Å². The Bertz CT molecular complexity index is 657. The highest BCUT2D eigenvalue weighted by molar-refractivity contribution is 7.92. The molecule has 0 amide bonds. The smallest absolute Gasteiger partial charge is 0.261 e. The fourth-order valence-electron chi connectivity index (χ4n) is 1.41. The van der Waals surface area contributed by atoms with Gasteiger partial charge in [-0.25, -0.2) is 8.42 Å². The summed E-state index contributed by atoms with van der Waals surface area (Å²) in [4.78, 5) is 0.0771. The quantitative estimate of drug-likeness (QED) is 0.850. The van der Waals surface area contributed by atoms with Gasteiger partial charge in [-0.2, -0.15) is 0 Å². The van der Waals surface area contributed by atoms with E-state index in [2.05, 4.69) is 4.72 Å². The zero-order valence-electron chi connectivity index (χ0n) is 9.30. The molecule has 0 radical (unpaired) electrons. The van der Waals surface area contributed by atoms with Crippen LogP contribution in [0.2, 0.25) is 5.02 Å². The highest BCUT2D eigenvalue weighted by Gasteiger charge is 2.15. The topological polar surface area (TPSA) is 72.2 Å². The van der Waals surface area contributed by atoms with Gasteiger partial charge in [0.15, 0.2) is 0 Å². The molecule has 0 aliphatic rings. The van der Waals surface area contributed by atoms with Crippen molar-refractivity contribution >= 4 is 33.0 Å². The van der Waals surface area contributed by atoms with Gasteiger partial charge < -0.3 is 5.73 Å². The lowest BCUT2D eigenvalue weighted by molar-refractivity contribution is 0.601. The Hall–Kier alpha value is -1.72. The fourth-order valence-corrected chi connectivity index (χ4v) is 2.62. The van der Waals surface area contributed by atoms with Gasteiger partial charge in [0, 0.05) is 5.69 Å². The molecule has 0 aliphatic carbocycles. The Morgan fingerprint density at radius 2 is 1.72 bits per heavy atom. The SMILES string of the molecule is Nc1cc(S(=O)(=O)Nc2ccccc2)ccc1Cl. The summed E-state index contributed by atoms with van der Waals surface area (Å²) >= 11 is 5.75. The molecule has 0 unspecified atom stereocenters. The van der Waals surface area contributed by atoms with Crippen LogP contribution in [-0.2, 0) is 10.0 Å². The largest absolute Gasteiger partial charge is 0.397 e. The van der Waals surface area contributed by atoms with Gasteiger partial charge in [-0.3, -0.25) is 4.72 Å². The highest BCUT2D eigenvalue weighted by atomic mass is 35.5. The predicted molar refractivity (Wildman–Crippen MR) is 73.1 cm³/mol. The number of nitrogen functional groups attached to an aromatic ring is 1. The standard InChI is InChI=1S/C12H11ClN2O2S/c13-11-7-6-10(8-12(11)14)18(16,17)15-9-4-2-1-3-5-9/h1-8,15H,14H2. The molecule has 0 bridgehead atoms. The van der Waals surface area contributed by atoms with Crippen molar-refractivity contribution in [1.82, 2.24) is 0 Å². The molecular weight excluding hydrogens is 272 g/mol. The summed E-state index contributed by atoms with van der Waals surface area (Å²) in [6.07, 6.45) is 0. The molecule has 4 nitrogen and oxygen atoms in total. The van der Waals surface area contributed by atoms with Gasteiger partial charge in [0.1, 0.15) is 0 Å². The average Bonchev–Trinajstić information content (AvgIpc) is 2.33. The average molecular weight is 283 g/mol. The molecule has 2 aromatic carbocycles. The maximum Gasteiger partial charge on any atom is 0.261 e. The number of hydrogen-bond acceptors (Lipinski definition) is 3. The monoisotopic (exact) mass is 282 g/mol. The maximum atomic E-state index is 12.1. The Balaban J connectivity index is 2.34. The Morgan fingerprint density at radius 3 is 2.33 bits per heavy atom. The van der Waals surface area contributed by atoms with E-state index in [9.17, 15) is 8.42 Å². The van der Waals surface area contributed by atoms with Gasteiger partial charge in [-0.1, -0.05) is 29.8 Å². The molecule has 0 atom stereocenters. The maximum absolute atomic E-state index is 12.1. The molecule has 94 valence electrons. The normalized spacial score (nSPS) is 11.2. The van der Waals surface area contributed by atoms with E-state index in [1.165, 1.54) is 18.2 Å². The van der Waals surface area contributed by atoms with Gasteiger partial charge >= 0.3 is 0 Å². The molecule has 0 fully saturated rings. The highest BCUT2D eigenvalue weighted by Crippen LogP contribution is 2.23. The minimum Gasteiger partial charge on any atom is -0.397 e. The summed E-state index contributed by atoms with van der Waals surface area (Å²) in [7, 11) is -3.64. The van der Waals surface area contributed by atoms with Crippen molar-refractivity contribution in [2.45, 2.75) is 4.90 Å². The van der Waals surface area contributed by atoms with E-state index in [0.29, 0.717) is 10.7 Å². The third-order valence-electron chi connectivity index (χ3n) is 2.30. The van der Waals surface area contributed by atoms with Crippen LogP contribution in [0.5, 0.6) is 0 Å². The Labute approximate surface area is 110 Å². The fraction of sp³-hybridized carbons (Fsp3) is 0. The van der Waals surface area contributed by atoms with E-state index in [0.717, 1.165) is 0 Å². The van der Waals surface area contributed by atoms with Crippen molar-refractivity contribution in [2.24, 2.45) is 0 Å². The third kappa shape index (κ3) is 2.75. The van der Waals surface area contributed by atoms with E-state index in [-0.39, 0.29) is 10.6 Å². The van der Waals surface area contributed by atoms with Crippen LogP contribution in [-0.4, -0.2) is 8.42 Å². The number of anilines is 2. The minimum atomic E-state index is -3.64. The number of para-hydroxylation sites is 1. The first-order valence-electron chi connectivity index (χ1n) is 5.12. The first kappa shape index (κ1) is 12.7. The third-order valence-corrected chi connectivity index (χ3v) is 4.03. The number of halogens is 1. The van der Waals surface area contributed by atoms with Gasteiger partial charge in [0.05, 0.1) is 15.6 Å². The minimum absolute atomic E-state index is 0.0771. The first-order chi connectivity index (χ1) is 8.49. The van der Waals surface area contributed by atoms with Crippen molar-refractivity contribution in [3.63, 3.8) is 0 Å². The number of benzene rings is 2. The zero-order chi connectivity index (χ0) is 13.2. The van der Waals surface area contributed by atoms with Gasteiger partial charge in [0.2, 0.25) is 0 Å². The van der Waals surface area contributed by atoms with E-state index in [1.54, 1.807) is 30.3 Å². The number of nitrogens with two attached hydrogens (primary N) is 1. The Kier molecular flexibility index (Phi) is 3.45. The van der Waals surface area contributed by atoms with Gasteiger partial charge in [-0.15, -0.1) is 0 Å². The molecular formula is C12H11ClN2O2S. The molecule has 0 saturated carbocycles. The molecule has 0 aromatic heterocycles. The molecule has 3 N–H and O–H groups in total. The van der Waals surface area contributed by atoms with Crippen LogP contribution < -0.4 is 10.5 Å². The van der Waals surface area contributed by atoms with Crippen molar-refractivity contribution in [3.8, 4) is 0 Å². The van der Waals surface area contributed by atoms with Crippen LogP contribution in [0.1, 0.15) is 0 Å². The van der Waals surface area contributed by atoms with Crippen molar-refractivity contribution in [2.75, 3.05) is 10.5 Å². The van der Waals surface area contributed by atoms with Gasteiger partial charge in [-0.05, 0) is 30.3 Å². The molecule has 18 heavy (non-hydrogen) atoms. The zero-order valence-corrected chi connectivity index (χ0v) is 10.9. The molecule has 0 spiro atoms. The first-order valence-corrected chi connectivity index (χ1v) is 6.98. The molecule has 0 aliphatic heterocycles. The van der Waals surface area contributed by atoms with Crippen LogP contribution in [0.4, 0.5) is 11.4 Å². The van der Waals surface area contributed by atoms with Crippen LogP contribution >= 0.6 is 11.6 Å². The van der Waals surface area contributed by atoms with Crippen LogP contribution in [0.3, 0.4) is 0 Å². The summed E-state index contributed by atoms with van der Waals surface area (Å²) in [5, 5.41) is 0.327. The lowest BCUT2D eigenvalue weighted by Gasteiger charge is -2.08. The second kappa shape index (κ2) is 4.88. The van der Waals surface area contributed by atoms with Crippen molar-refractivity contribution < 1.29 is 8.42 Å². The molecule has 0 heterocycles. The number of sulfonamides is 1. The number of nitrogens with one attached hydrogen (secondary N) is 1. The summed E-state index contributed by atoms with van der Waals surface area (Å²) in [5.41, 5.74) is 6.31.